The highest BCUT2D eigenvalue weighted by Gasteiger charge is 2.26. The summed E-state index contributed by atoms with van der Waals surface area (Å²) >= 11 is 0. The molecule has 29 heavy (non-hydrogen) atoms. The molecule has 2 saturated heterocycles. The minimum atomic E-state index is -3.56. The second kappa shape index (κ2) is 8.52. The molecular formula is C21H25N3O4S. The van der Waals surface area contributed by atoms with Gasteiger partial charge in [-0.05, 0) is 61.4 Å². The van der Waals surface area contributed by atoms with E-state index in [0.717, 1.165) is 18.8 Å². The Kier molecular flexibility index (Phi) is 5.84. The van der Waals surface area contributed by atoms with E-state index in [1.54, 1.807) is 12.1 Å². The second-order valence-corrected chi connectivity index (χ2v) is 9.17. The Morgan fingerprint density at radius 1 is 0.862 bits per heavy atom. The quantitative estimate of drug-likeness (QED) is 0.812. The molecule has 2 fully saturated rings. The zero-order valence-corrected chi connectivity index (χ0v) is 17.0. The predicted octanol–water partition coefficient (Wildman–Crippen LogP) is 2.56. The molecule has 2 aromatic rings. The van der Waals surface area contributed by atoms with E-state index in [9.17, 15) is 13.2 Å². The van der Waals surface area contributed by atoms with Crippen LogP contribution in [0.2, 0.25) is 0 Å². The number of morpholine rings is 1. The molecule has 0 radical (unpaired) electrons. The molecule has 1 amide bonds. The number of rotatable bonds is 5. The standard InChI is InChI=1S/C21H25N3O4S/c25-21(22-18-5-7-19(8-6-18)23-11-1-2-12-23)17-3-9-20(10-4-17)29(26,27)24-13-15-28-16-14-24/h3-10H,1-2,11-16H2,(H,22,25). The van der Waals surface area contributed by atoms with Crippen LogP contribution in [0.1, 0.15) is 23.2 Å². The number of hydrogen-bond acceptors (Lipinski definition) is 5. The van der Waals surface area contributed by atoms with E-state index in [-0.39, 0.29) is 10.8 Å². The van der Waals surface area contributed by atoms with E-state index in [0.29, 0.717) is 37.6 Å². The van der Waals surface area contributed by atoms with Crippen LogP contribution in [0.3, 0.4) is 0 Å². The molecule has 8 heteroatoms. The van der Waals surface area contributed by atoms with Gasteiger partial charge in [0.15, 0.2) is 0 Å². The van der Waals surface area contributed by atoms with Crippen LogP contribution in [0.25, 0.3) is 0 Å². The Morgan fingerprint density at radius 3 is 2.10 bits per heavy atom. The Balaban J connectivity index is 1.41. The first kappa shape index (κ1) is 19.9. The second-order valence-electron chi connectivity index (χ2n) is 7.24. The summed E-state index contributed by atoms with van der Waals surface area (Å²) in [6, 6.07) is 13.9. The molecule has 0 unspecified atom stereocenters. The molecule has 2 aliphatic heterocycles. The summed E-state index contributed by atoms with van der Waals surface area (Å²) in [7, 11) is -3.56. The molecule has 154 valence electrons. The minimum Gasteiger partial charge on any atom is -0.379 e. The molecule has 0 aromatic heterocycles. The van der Waals surface area contributed by atoms with Gasteiger partial charge in [-0.2, -0.15) is 4.31 Å². The average Bonchev–Trinajstić information content (AvgIpc) is 3.30. The van der Waals surface area contributed by atoms with Crippen molar-refractivity contribution in [3.63, 3.8) is 0 Å². The highest BCUT2D eigenvalue weighted by molar-refractivity contribution is 7.89. The van der Waals surface area contributed by atoms with E-state index < -0.39 is 10.0 Å². The fraction of sp³-hybridized carbons (Fsp3) is 0.381. The van der Waals surface area contributed by atoms with Crippen molar-refractivity contribution in [1.82, 2.24) is 4.31 Å². The third-order valence-electron chi connectivity index (χ3n) is 5.32. The van der Waals surface area contributed by atoms with Gasteiger partial charge in [0.2, 0.25) is 10.0 Å². The van der Waals surface area contributed by atoms with E-state index in [4.69, 9.17) is 4.74 Å². The highest BCUT2D eigenvalue weighted by Crippen LogP contribution is 2.23. The Labute approximate surface area is 171 Å². The van der Waals surface area contributed by atoms with Crippen molar-refractivity contribution in [2.45, 2.75) is 17.7 Å². The average molecular weight is 416 g/mol. The van der Waals surface area contributed by atoms with Crippen molar-refractivity contribution >= 4 is 27.3 Å². The summed E-state index contributed by atoms with van der Waals surface area (Å²) in [6.07, 6.45) is 2.44. The third-order valence-corrected chi connectivity index (χ3v) is 7.23. The maximum absolute atomic E-state index is 12.7. The number of nitrogens with one attached hydrogen (secondary N) is 1. The zero-order valence-electron chi connectivity index (χ0n) is 16.2. The third kappa shape index (κ3) is 4.44. The Hall–Kier alpha value is -2.42. The number of nitrogens with zero attached hydrogens (tertiary/aromatic N) is 2. The molecule has 2 aromatic carbocycles. The summed E-state index contributed by atoms with van der Waals surface area (Å²) < 4.78 is 32.0. The van der Waals surface area contributed by atoms with Gasteiger partial charge in [0, 0.05) is 43.1 Å². The normalized spacial score (nSPS) is 18.0. The van der Waals surface area contributed by atoms with Gasteiger partial charge in [-0.25, -0.2) is 8.42 Å². The van der Waals surface area contributed by atoms with Gasteiger partial charge in [-0.15, -0.1) is 0 Å². The topological polar surface area (TPSA) is 79.0 Å². The monoisotopic (exact) mass is 415 g/mol. The fourth-order valence-corrected chi connectivity index (χ4v) is 5.06. The molecule has 7 nitrogen and oxygen atoms in total. The number of hydrogen-bond donors (Lipinski definition) is 1. The first-order chi connectivity index (χ1) is 14.0. The van der Waals surface area contributed by atoms with Gasteiger partial charge >= 0.3 is 0 Å². The number of carbonyl (C=O) groups excluding carboxylic acids is 1. The zero-order chi connectivity index (χ0) is 20.3. The summed E-state index contributed by atoms with van der Waals surface area (Å²) in [4.78, 5) is 15.0. The molecule has 1 N–H and O–H groups in total. The lowest BCUT2D eigenvalue weighted by Gasteiger charge is -2.26. The lowest BCUT2D eigenvalue weighted by Crippen LogP contribution is -2.40. The van der Waals surface area contributed by atoms with Crippen molar-refractivity contribution in [2.75, 3.05) is 49.6 Å². The molecule has 2 aliphatic rings. The van der Waals surface area contributed by atoms with Gasteiger partial charge < -0.3 is 15.0 Å². The van der Waals surface area contributed by atoms with Crippen molar-refractivity contribution in [3.05, 3.63) is 54.1 Å². The predicted molar refractivity (Wildman–Crippen MR) is 112 cm³/mol. The number of carbonyl (C=O) groups is 1. The Bertz CT molecular complexity index is 946. The number of benzene rings is 2. The van der Waals surface area contributed by atoms with Crippen LogP contribution in [0, 0.1) is 0 Å². The van der Waals surface area contributed by atoms with Gasteiger partial charge in [0.25, 0.3) is 5.91 Å². The fourth-order valence-electron chi connectivity index (χ4n) is 3.65. The Morgan fingerprint density at radius 2 is 1.48 bits per heavy atom. The van der Waals surface area contributed by atoms with Gasteiger partial charge in [0.1, 0.15) is 0 Å². The lowest BCUT2D eigenvalue weighted by molar-refractivity contribution is 0.0730. The van der Waals surface area contributed by atoms with Crippen LogP contribution in [0.15, 0.2) is 53.4 Å². The molecule has 0 atom stereocenters. The SMILES string of the molecule is O=C(Nc1ccc(N2CCCC2)cc1)c1ccc(S(=O)(=O)N2CCOCC2)cc1. The van der Waals surface area contributed by atoms with Crippen LogP contribution in [-0.2, 0) is 14.8 Å². The molecular weight excluding hydrogens is 390 g/mol. The summed E-state index contributed by atoms with van der Waals surface area (Å²) in [5, 5.41) is 2.86. The van der Waals surface area contributed by atoms with Crippen molar-refractivity contribution in [2.24, 2.45) is 0 Å². The van der Waals surface area contributed by atoms with Crippen LogP contribution in [0.4, 0.5) is 11.4 Å². The maximum Gasteiger partial charge on any atom is 0.255 e. The highest BCUT2D eigenvalue weighted by atomic mass is 32.2. The number of ether oxygens (including phenoxy) is 1. The molecule has 0 saturated carbocycles. The minimum absolute atomic E-state index is 0.186. The van der Waals surface area contributed by atoms with E-state index in [1.807, 2.05) is 24.3 Å². The maximum atomic E-state index is 12.7. The lowest BCUT2D eigenvalue weighted by atomic mass is 10.2. The van der Waals surface area contributed by atoms with Crippen molar-refractivity contribution in [3.8, 4) is 0 Å². The molecule has 0 spiro atoms. The van der Waals surface area contributed by atoms with Crippen molar-refractivity contribution in [1.29, 1.82) is 0 Å². The summed E-state index contributed by atoms with van der Waals surface area (Å²) in [6.45, 7) is 3.64. The van der Waals surface area contributed by atoms with Gasteiger partial charge in [0.05, 0.1) is 18.1 Å². The van der Waals surface area contributed by atoms with Crippen LogP contribution < -0.4 is 10.2 Å². The molecule has 0 bridgehead atoms. The van der Waals surface area contributed by atoms with Crippen molar-refractivity contribution < 1.29 is 17.9 Å². The van der Waals surface area contributed by atoms with Crippen LogP contribution in [-0.4, -0.2) is 58.0 Å². The van der Waals surface area contributed by atoms with E-state index in [2.05, 4.69) is 10.2 Å². The first-order valence-electron chi connectivity index (χ1n) is 9.88. The van der Waals surface area contributed by atoms with Crippen LogP contribution >= 0.6 is 0 Å². The summed E-state index contributed by atoms with van der Waals surface area (Å²) in [5.41, 5.74) is 2.29. The van der Waals surface area contributed by atoms with E-state index >= 15 is 0 Å². The smallest absolute Gasteiger partial charge is 0.255 e. The largest absolute Gasteiger partial charge is 0.379 e. The van der Waals surface area contributed by atoms with E-state index in [1.165, 1.54) is 29.3 Å². The first-order valence-corrected chi connectivity index (χ1v) is 11.3. The van der Waals surface area contributed by atoms with Gasteiger partial charge in [-0.3, -0.25) is 4.79 Å². The number of amides is 1. The summed E-state index contributed by atoms with van der Waals surface area (Å²) in [5.74, 6) is -0.269. The number of sulfonamides is 1. The van der Waals surface area contributed by atoms with Crippen LogP contribution in [0.5, 0.6) is 0 Å². The molecule has 4 rings (SSSR count). The molecule has 2 heterocycles. The van der Waals surface area contributed by atoms with Gasteiger partial charge in [-0.1, -0.05) is 0 Å². The molecule has 0 aliphatic carbocycles. The number of anilines is 2.